The summed E-state index contributed by atoms with van der Waals surface area (Å²) in [6.07, 6.45) is 9.34. The van der Waals surface area contributed by atoms with Crippen molar-refractivity contribution >= 4 is 12.6 Å². The fraction of sp³-hybridized carbons (Fsp3) is 0.360. The first kappa shape index (κ1) is 20.8. The summed E-state index contributed by atoms with van der Waals surface area (Å²) in [5.41, 5.74) is 8.12. The Morgan fingerprint density at radius 3 is 2.47 bits per heavy atom. The van der Waals surface area contributed by atoms with E-state index in [1.807, 2.05) is 12.4 Å². The van der Waals surface area contributed by atoms with Crippen LogP contribution in [0.15, 0.2) is 76.9 Å². The molecule has 3 N–H and O–H groups in total. The number of benzene rings is 2. The highest BCUT2D eigenvalue weighted by Crippen LogP contribution is 2.40. The third-order valence-electron chi connectivity index (χ3n) is 6.83. The molecule has 3 heterocycles. The van der Waals surface area contributed by atoms with Gasteiger partial charge < -0.3 is 10.2 Å². The van der Waals surface area contributed by atoms with E-state index in [9.17, 15) is 4.39 Å². The van der Waals surface area contributed by atoms with Crippen molar-refractivity contribution < 1.29 is 4.39 Å². The molecule has 1 fully saturated rings. The Kier molecular flexibility index (Phi) is 5.53. The third-order valence-corrected chi connectivity index (χ3v) is 6.83. The van der Waals surface area contributed by atoms with Crippen LogP contribution < -0.4 is 11.1 Å². The van der Waals surface area contributed by atoms with E-state index >= 15 is 0 Å². The van der Waals surface area contributed by atoms with Crippen LogP contribution in [0.1, 0.15) is 24.0 Å². The molecule has 7 heteroatoms. The molecular weight excluding hydrogens is 403 g/mol. The van der Waals surface area contributed by atoms with Gasteiger partial charge in [0.1, 0.15) is 5.82 Å². The monoisotopic (exact) mass is 432 g/mol. The van der Waals surface area contributed by atoms with E-state index < -0.39 is 11.3 Å². The van der Waals surface area contributed by atoms with Crippen molar-refractivity contribution in [1.29, 1.82) is 0 Å². The van der Waals surface area contributed by atoms with Crippen molar-refractivity contribution in [3.63, 3.8) is 0 Å². The highest BCUT2D eigenvalue weighted by molar-refractivity contribution is 5.73. The minimum atomic E-state index is -1.14. The van der Waals surface area contributed by atoms with Gasteiger partial charge in [-0.15, -0.1) is 0 Å². The zero-order chi connectivity index (χ0) is 22.0. The van der Waals surface area contributed by atoms with Crippen LogP contribution in [-0.2, 0) is 12.1 Å². The third kappa shape index (κ3) is 3.82. The lowest BCUT2D eigenvalue weighted by atomic mass is 9.83. The number of allylic oxidation sites excluding steroid dienone is 1. The molecule has 3 aliphatic rings. The molecule has 0 amide bonds. The fourth-order valence-electron chi connectivity index (χ4n) is 4.97. The lowest BCUT2D eigenvalue weighted by molar-refractivity contribution is 0.123. The molecule has 2 aromatic carbocycles. The number of nitrogens with zero attached hydrogens (tertiary/aromatic N) is 4. The molecule has 0 spiro atoms. The maximum absolute atomic E-state index is 13.7. The second kappa shape index (κ2) is 8.48. The van der Waals surface area contributed by atoms with Gasteiger partial charge in [-0.3, -0.25) is 15.6 Å². The van der Waals surface area contributed by atoms with Crippen molar-refractivity contribution in [2.24, 2.45) is 15.7 Å². The van der Waals surface area contributed by atoms with Gasteiger partial charge in [-0.1, -0.05) is 42.5 Å². The molecule has 0 saturated carbocycles. The molecule has 0 bridgehead atoms. The number of nitrogens with two attached hydrogens (primary N) is 1. The Hall–Kier alpha value is -3.03. The Bertz CT molecular complexity index is 1010. The molecule has 2 atom stereocenters. The van der Waals surface area contributed by atoms with E-state index in [1.165, 1.54) is 17.7 Å². The minimum absolute atomic E-state index is 0.278. The van der Waals surface area contributed by atoms with Gasteiger partial charge in [-0.25, -0.2) is 9.38 Å². The molecular formula is C25H29FN6. The zero-order valence-electron chi connectivity index (χ0n) is 18.1. The number of hydrogen-bond acceptors (Lipinski definition) is 6. The second-order valence-corrected chi connectivity index (χ2v) is 8.82. The largest absolute Gasteiger partial charge is 0.357 e. The van der Waals surface area contributed by atoms with Gasteiger partial charge in [0.05, 0.1) is 12.9 Å². The van der Waals surface area contributed by atoms with E-state index in [2.05, 4.69) is 50.4 Å². The summed E-state index contributed by atoms with van der Waals surface area (Å²) in [5.74, 6) is -1.42. The average molecular weight is 433 g/mol. The van der Waals surface area contributed by atoms with Crippen LogP contribution in [0.3, 0.4) is 0 Å². The van der Waals surface area contributed by atoms with Crippen LogP contribution in [0.25, 0.3) is 0 Å². The molecule has 2 unspecified atom stereocenters. The number of rotatable bonds is 5. The van der Waals surface area contributed by atoms with E-state index in [1.54, 1.807) is 24.5 Å². The number of halogens is 1. The molecule has 6 nitrogen and oxygen atoms in total. The molecule has 5 rings (SSSR count). The number of likely N-dealkylation sites (tertiary alicyclic amines) is 1. The van der Waals surface area contributed by atoms with Gasteiger partial charge in [0.25, 0.3) is 0 Å². The smallest absolute Gasteiger partial charge is 0.213 e. The van der Waals surface area contributed by atoms with Gasteiger partial charge >= 0.3 is 0 Å². The first-order valence-corrected chi connectivity index (χ1v) is 11.2. The Balaban J connectivity index is 1.31. The zero-order valence-corrected chi connectivity index (χ0v) is 18.1. The van der Waals surface area contributed by atoms with Gasteiger partial charge in [-0.05, 0) is 42.2 Å². The first-order valence-electron chi connectivity index (χ1n) is 11.2. The lowest BCUT2D eigenvalue weighted by Gasteiger charge is -2.44. The van der Waals surface area contributed by atoms with Crippen molar-refractivity contribution in [2.45, 2.75) is 36.8 Å². The Morgan fingerprint density at radius 2 is 1.78 bits per heavy atom. The maximum Gasteiger partial charge on any atom is 0.213 e. The lowest BCUT2D eigenvalue weighted by Crippen LogP contribution is -2.66. The average Bonchev–Trinajstić information content (AvgIpc) is 3.29. The van der Waals surface area contributed by atoms with Crippen LogP contribution in [0, 0.1) is 5.82 Å². The first-order chi connectivity index (χ1) is 15.6. The maximum atomic E-state index is 13.7. The molecule has 1 saturated heterocycles. The van der Waals surface area contributed by atoms with Crippen molar-refractivity contribution in [2.75, 3.05) is 19.6 Å². The summed E-state index contributed by atoms with van der Waals surface area (Å²) in [6, 6.07) is 17.5. The fourth-order valence-corrected chi connectivity index (χ4v) is 4.97. The van der Waals surface area contributed by atoms with Gasteiger partial charge in [0, 0.05) is 38.1 Å². The van der Waals surface area contributed by atoms with Crippen LogP contribution >= 0.6 is 0 Å². The molecule has 2 aromatic rings. The van der Waals surface area contributed by atoms with Gasteiger partial charge in [0.15, 0.2) is 5.54 Å². The molecule has 0 radical (unpaired) electrons. The Morgan fingerprint density at radius 1 is 1.03 bits per heavy atom. The van der Waals surface area contributed by atoms with Gasteiger partial charge in [-0.2, -0.15) is 0 Å². The number of aliphatic imine (C=N–C) groups is 2. The Labute approximate surface area is 188 Å². The summed E-state index contributed by atoms with van der Waals surface area (Å²) < 4.78 is 13.7. The number of piperidine rings is 1. The second-order valence-electron chi connectivity index (χ2n) is 8.82. The predicted octanol–water partition coefficient (Wildman–Crippen LogP) is 2.83. The summed E-state index contributed by atoms with van der Waals surface area (Å²) in [5, 5.41) is 3.21. The highest BCUT2D eigenvalue weighted by atomic mass is 19.1. The highest BCUT2D eigenvalue weighted by Gasteiger charge is 2.54. The predicted molar refractivity (Wildman–Crippen MR) is 126 cm³/mol. The quantitative estimate of drug-likeness (QED) is 0.762. The van der Waals surface area contributed by atoms with E-state index in [0.717, 1.165) is 38.0 Å². The topological polar surface area (TPSA) is 69.2 Å². The molecule has 32 heavy (non-hydrogen) atoms. The van der Waals surface area contributed by atoms with Crippen molar-refractivity contribution in [1.82, 2.24) is 15.1 Å². The molecule has 0 aliphatic carbocycles. The van der Waals surface area contributed by atoms with E-state index in [-0.39, 0.29) is 5.82 Å². The van der Waals surface area contributed by atoms with E-state index in [0.29, 0.717) is 12.6 Å². The number of nitrogens with one attached hydrogen (secondary N) is 1. The summed E-state index contributed by atoms with van der Waals surface area (Å²) in [4.78, 5) is 14.3. The van der Waals surface area contributed by atoms with Gasteiger partial charge in [0.2, 0.25) is 5.79 Å². The normalized spacial score (nSPS) is 28.2. The standard InChI is InChI=1S/C25H29FN6/c26-22-9-7-21(8-10-22)24(25(27)28-13-4-14-29-25)18-32(19-30-24)23-11-15-31(16-12-23)17-20-5-2-1-3-6-20/h1-10,13-14,19,23,28H,11-12,15-18,27H2. The van der Waals surface area contributed by atoms with E-state index in [4.69, 9.17) is 10.7 Å². The molecule has 3 aliphatic heterocycles. The summed E-state index contributed by atoms with van der Waals surface area (Å²) in [6.45, 7) is 3.66. The van der Waals surface area contributed by atoms with Crippen LogP contribution in [0.2, 0.25) is 0 Å². The van der Waals surface area contributed by atoms with Crippen LogP contribution in [-0.4, -0.2) is 53.8 Å². The number of hydrogen-bond donors (Lipinski definition) is 2. The molecule has 166 valence electrons. The van der Waals surface area contributed by atoms with Crippen molar-refractivity contribution in [3.05, 3.63) is 83.8 Å². The summed E-state index contributed by atoms with van der Waals surface area (Å²) in [7, 11) is 0. The minimum Gasteiger partial charge on any atom is -0.357 e. The van der Waals surface area contributed by atoms with Crippen LogP contribution in [0.4, 0.5) is 4.39 Å². The molecule has 0 aromatic heterocycles. The van der Waals surface area contributed by atoms with Crippen molar-refractivity contribution in [3.8, 4) is 0 Å². The summed E-state index contributed by atoms with van der Waals surface area (Å²) >= 11 is 0. The van der Waals surface area contributed by atoms with Crippen LogP contribution in [0.5, 0.6) is 0 Å². The SMILES string of the molecule is NC1(C2(c3ccc(F)cc3)CN(C3CCN(Cc4ccccc4)CC3)C=N2)N=CC=CN1.